The molecule has 0 N–H and O–H groups in total. The van der Waals surface area contributed by atoms with Crippen molar-refractivity contribution in [2.24, 2.45) is 0 Å². The minimum Gasteiger partial charge on any atom is -0.493 e. The number of ether oxygens (including phenoxy) is 2. The molecule has 192 valence electrons. The van der Waals surface area contributed by atoms with Crippen molar-refractivity contribution >= 4 is 40.7 Å². The van der Waals surface area contributed by atoms with E-state index in [0.717, 1.165) is 22.6 Å². The lowest BCUT2D eigenvalue weighted by atomic mass is 10.0. The summed E-state index contributed by atoms with van der Waals surface area (Å²) in [6, 6.07) is 21.9. The highest BCUT2D eigenvalue weighted by atomic mass is 35.5. The Morgan fingerprint density at radius 1 is 0.889 bits per heavy atom. The largest absolute Gasteiger partial charge is 0.493 e. The summed E-state index contributed by atoms with van der Waals surface area (Å²) in [5.74, 6) is 0.435. The van der Waals surface area contributed by atoms with Crippen molar-refractivity contribution < 1.29 is 27.4 Å². The fourth-order valence-corrected chi connectivity index (χ4v) is 4.23. The first-order valence-corrected chi connectivity index (χ1v) is 13.2. The summed E-state index contributed by atoms with van der Waals surface area (Å²) >= 11 is 13.7. The van der Waals surface area contributed by atoms with Crippen LogP contribution in [0.4, 0.5) is 13.2 Å². The molecule has 9 heteroatoms. The molecule has 0 radical (unpaired) electrons. The molecule has 0 saturated heterocycles. The van der Waals surface area contributed by atoms with Crippen LogP contribution in [0.5, 0.6) is 5.75 Å². The van der Waals surface area contributed by atoms with Gasteiger partial charge in [0.15, 0.2) is 0 Å². The van der Waals surface area contributed by atoms with Gasteiger partial charge in [0.25, 0.3) is 0 Å². The molecule has 0 aliphatic rings. The highest BCUT2D eigenvalue weighted by molar-refractivity contribution is 7.99. The molecular weight excluding hydrogens is 534 g/mol. The van der Waals surface area contributed by atoms with Gasteiger partial charge in [0.05, 0.1) is 13.2 Å². The number of hydrogen-bond acceptors (Lipinski definition) is 4. The van der Waals surface area contributed by atoms with Crippen molar-refractivity contribution in [3.05, 3.63) is 99.5 Å². The Balaban J connectivity index is 1.38. The smallest absolute Gasteiger partial charge is 0.449 e. The molecule has 0 bridgehead atoms. The maximum absolute atomic E-state index is 12.3. The number of carbonyl (C=O) groups excluding carboxylic acids is 1. The molecule has 0 amide bonds. The number of alkyl halides is 3. The second-order valence-corrected chi connectivity index (χ2v) is 9.98. The topological polar surface area (TPSA) is 35.5 Å². The van der Waals surface area contributed by atoms with Crippen molar-refractivity contribution in [1.82, 2.24) is 0 Å². The number of aryl methyl sites for hydroxylation is 1. The summed E-state index contributed by atoms with van der Waals surface area (Å²) in [7, 11) is 0. The maximum Gasteiger partial charge on any atom is 0.449 e. The van der Waals surface area contributed by atoms with Gasteiger partial charge in [-0.1, -0.05) is 59.6 Å². The molecule has 3 rings (SSSR count). The number of hydrogen-bond donors (Lipinski definition) is 0. The van der Waals surface area contributed by atoms with Crippen LogP contribution in [0.3, 0.4) is 0 Å². The van der Waals surface area contributed by atoms with Gasteiger partial charge in [-0.3, -0.25) is 4.79 Å². The van der Waals surface area contributed by atoms with Gasteiger partial charge in [0.1, 0.15) is 11.9 Å². The molecule has 0 heterocycles. The van der Waals surface area contributed by atoms with Gasteiger partial charge < -0.3 is 9.47 Å². The Morgan fingerprint density at radius 3 is 1.97 bits per heavy atom. The van der Waals surface area contributed by atoms with Crippen molar-refractivity contribution in [3.8, 4) is 5.75 Å². The first-order valence-electron chi connectivity index (χ1n) is 11.2. The second kappa shape index (κ2) is 13.9. The Kier molecular flexibility index (Phi) is 11.0. The van der Waals surface area contributed by atoms with Crippen LogP contribution in [0, 0.1) is 0 Å². The minimum absolute atomic E-state index is 0.0432. The summed E-state index contributed by atoms with van der Waals surface area (Å²) in [5.41, 5.74) is 2.66. The number of thioether (sulfide) groups is 1. The van der Waals surface area contributed by atoms with Crippen molar-refractivity contribution in [2.75, 3.05) is 24.7 Å². The van der Waals surface area contributed by atoms with Gasteiger partial charge in [0.2, 0.25) is 5.78 Å². The molecule has 0 unspecified atom stereocenters. The quantitative estimate of drug-likeness (QED) is 0.199. The van der Waals surface area contributed by atoms with Crippen LogP contribution >= 0.6 is 35.0 Å². The molecule has 0 aliphatic carbocycles. The molecule has 3 nitrogen and oxygen atoms in total. The molecule has 3 aromatic carbocycles. The number of ketones is 1. The zero-order valence-electron chi connectivity index (χ0n) is 19.3. The molecule has 0 aliphatic heterocycles. The zero-order valence-corrected chi connectivity index (χ0v) is 21.6. The molecule has 0 aromatic heterocycles. The number of Topliss-reactive ketones (excluding diaryl/α,β-unsaturated/α-hetero) is 1. The third-order valence-corrected chi connectivity index (χ3v) is 6.65. The Morgan fingerprint density at radius 2 is 1.44 bits per heavy atom. The average Bonchev–Trinajstić information content (AvgIpc) is 2.86. The van der Waals surface area contributed by atoms with Gasteiger partial charge in [-0.15, -0.1) is 0 Å². The monoisotopic (exact) mass is 558 g/mol. The molecular formula is C27H25Cl2F3O3S. The fraction of sp³-hybridized carbons (Fsp3) is 0.296. The van der Waals surface area contributed by atoms with Crippen molar-refractivity contribution in [3.63, 3.8) is 0 Å². The van der Waals surface area contributed by atoms with E-state index in [1.54, 1.807) is 36.0 Å². The maximum atomic E-state index is 12.3. The second-order valence-electron chi connectivity index (χ2n) is 7.88. The molecule has 3 aromatic rings. The first-order chi connectivity index (χ1) is 17.2. The predicted molar refractivity (Wildman–Crippen MR) is 139 cm³/mol. The minimum atomic E-state index is -4.78. The number of benzene rings is 3. The molecule has 0 spiro atoms. The Bertz CT molecular complexity index is 1040. The summed E-state index contributed by atoms with van der Waals surface area (Å²) in [5, 5.41) is 1.32. The van der Waals surface area contributed by atoms with E-state index in [0.29, 0.717) is 34.6 Å². The third kappa shape index (κ3) is 9.36. The van der Waals surface area contributed by atoms with E-state index in [2.05, 4.69) is 0 Å². The van der Waals surface area contributed by atoms with Crippen LogP contribution in [0.15, 0.2) is 72.8 Å². The summed E-state index contributed by atoms with van der Waals surface area (Å²) in [4.78, 5) is 11.0. The van der Waals surface area contributed by atoms with E-state index >= 15 is 0 Å². The number of halogens is 5. The summed E-state index contributed by atoms with van der Waals surface area (Å²) in [6.45, 7) is 1.01. The summed E-state index contributed by atoms with van der Waals surface area (Å²) < 4.78 is 48.8. The lowest BCUT2D eigenvalue weighted by molar-refractivity contribution is -0.171. The Hall–Kier alpha value is -2.19. The van der Waals surface area contributed by atoms with E-state index in [1.807, 2.05) is 48.5 Å². The van der Waals surface area contributed by atoms with Crippen LogP contribution in [-0.2, 0) is 16.0 Å². The molecule has 0 fully saturated rings. The highest BCUT2D eigenvalue weighted by Gasteiger charge is 2.37. The van der Waals surface area contributed by atoms with Crippen molar-refractivity contribution in [1.29, 1.82) is 0 Å². The number of rotatable bonds is 13. The third-order valence-electron chi connectivity index (χ3n) is 5.23. The van der Waals surface area contributed by atoms with Gasteiger partial charge in [-0.2, -0.15) is 24.9 Å². The first kappa shape index (κ1) is 28.4. The summed E-state index contributed by atoms with van der Waals surface area (Å²) in [6.07, 6.45) is -5.53. The van der Waals surface area contributed by atoms with E-state index < -0.39 is 18.4 Å². The highest BCUT2D eigenvalue weighted by Crippen LogP contribution is 2.28. The molecule has 0 atom stereocenters. The normalized spacial score (nSPS) is 11.6. The van der Waals surface area contributed by atoms with Crippen LogP contribution in [0.1, 0.15) is 29.2 Å². The van der Waals surface area contributed by atoms with Crippen LogP contribution in [0.25, 0.3) is 0 Å². The zero-order chi connectivity index (χ0) is 26.0. The number of carbonyl (C=O) groups is 1. The van der Waals surface area contributed by atoms with Gasteiger partial charge in [-0.05, 0) is 59.5 Å². The standard InChI is InChI=1S/C27H25Cl2F3O3S/c28-22-8-4-20(5-9-22)26(21-6-10-23(29)11-7-21)35-16-18-36-17-15-34-24-12-1-19(2-13-24)3-14-25(33)27(30,31)32/h1-2,4-13,26H,3,14-18H2/i15+2. The van der Waals surface area contributed by atoms with Crippen LogP contribution in [-0.4, -0.2) is 36.7 Å². The van der Waals surface area contributed by atoms with E-state index in [4.69, 9.17) is 32.7 Å². The van der Waals surface area contributed by atoms with E-state index in [1.165, 1.54) is 0 Å². The molecule has 0 saturated carbocycles. The van der Waals surface area contributed by atoms with Gasteiger partial charge in [0, 0.05) is 28.0 Å². The predicted octanol–water partition coefficient (Wildman–Crippen LogP) is 7.98. The lowest BCUT2D eigenvalue weighted by Gasteiger charge is -2.19. The van der Waals surface area contributed by atoms with E-state index in [9.17, 15) is 18.0 Å². The average molecular weight is 559 g/mol. The van der Waals surface area contributed by atoms with Gasteiger partial charge in [-0.25, -0.2) is 0 Å². The van der Waals surface area contributed by atoms with Crippen LogP contribution < -0.4 is 4.74 Å². The van der Waals surface area contributed by atoms with E-state index in [-0.39, 0.29) is 12.5 Å². The van der Waals surface area contributed by atoms with Gasteiger partial charge >= 0.3 is 6.18 Å². The van der Waals surface area contributed by atoms with Crippen LogP contribution in [0.2, 0.25) is 10.0 Å². The fourth-order valence-electron chi connectivity index (χ4n) is 3.36. The lowest BCUT2D eigenvalue weighted by Crippen LogP contribution is -2.22. The SMILES string of the molecule is O=C(CCc1ccc(O[14CH2]CSCCOC(c2ccc(Cl)cc2)c2ccc(Cl)cc2)cc1)C(F)(F)F. The van der Waals surface area contributed by atoms with Crippen molar-refractivity contribution in [2.45, 2.75) is 25.1 Å². The Labute approximate surface area is 222 Å². The molecule has 36 heavy (non-hydrogen) atoms.